The molecule has 3 aromatic carbocycles. The van der Waals surface area contributed by atoms with Gasteiger partial charge in [0.2, 0.25) is 0 Å². The molecule has 0 nitrogen and oxygen atoms in total. The van der Waals surface area contributed by atoms with Gasteiger partial charge in [-0.2, -0.15) is 0 Å². The fourth-order valence-corrected chi connectivity index (χ4v) is 36.6. The van der Waals surface area contributed by atoms with E-state index in [-0.39, 0.29) is 7.16 Å². The van der Waals surface area contributed by atoms with Gasteiger partial charge in [0.15, 0.2) is 0 Å². The van der Waals surface area contributed by atoms with Crippen LogP contribution in [0.1, 0.15) is 33.4 Å². The van der Waals surface area contributed by atoms with Gasteiger partial charge in [0.25, 0.3) is 0 Å². The van der Waals surface area contributed by atoms with Crippen LogP contribution in [-0.2, 0) is 0 Å². The van der Waals surface area contributed by atoms with E-state index < -0.39 is 14.7 Å². The Bertz CT molecular complexity index is 1060. The normalized spacial score (nSPS) is 13.3. The summed E-state index contributed by atoms with van der Waals surface area (Å²) >= 11 is 0. The lowest BCUT2D eigenvalue weighted by atomic mass is 9.89. The van der Waals surface area contributed by atoms with Gasteiger partial charge in [0.05, 0.1) is 27.2 Å². The molecule has 0 bridgehead atoms. The molecule has 33 heavy (non-hydrogen) atoms. The Morgan fingerprint density at radius 2 is 0.939 bits per heavy atom. The Morgan fingerprint density at radius 1 is 0.606 bits per heavy atom. The summed E-state index contributed by atoms with van der Waals surface area (Å²) in [6, 6.07) is 16.6. The molecule has 0 spiro atoms. The van der Waals surface area contributed by atoms with E-state index >= 15 is 0 Å². The molecule has 1 atom stereocenters. The molecular formula is C30H43P2Si+. The first-order valence-corrected chi connectivity index (χ1v) is 21.6. The van der Waals surface area contributed by atoms with Gasteiger partial charge in [-0.1, -0.05) is 73.2 Å². The van der Waals surface area contributed by atoms with Gasteiger partial charge in [-0.25, -0.2) is 0 Å². The molecule has 0 radical (unpaired) electrons. The minimum atomic E-state index is -1.47. The maximum atomic E-state index is 2.61. The highest BCUT2D eigenvalue weighted by Gasteiger charge is 2.46. The molecule has 0 aliphatic carbocycles. The van der Waals surface area contributed by atoms with Crippen LogP contribution in [0.3, 0.4) is 0 Å². The maximum absolute atomic E-state index is 2.61. The molecule has 0 aliphatic heterocycles. The van der Waals surface area contributed by atoms with Crippen molar-refractivity contribution in [1.29, 1.82) is 0 Å². The lowest BCUT2D eigenvalue weighted by Crippen LogP contribution is -2.28. The summed E-state index contributed by atoms with van der Waals surface area (Å²) in [7, 11) is -1.71. The van der Waals surface area contributed by atoms with Crippen molar-refractivity contribution < 1.29 is 0 Å². The van der Waals surface area contributed by atoms with Gasteiger partial charge in [-0.15, -0.1) is 0 Å². The van der Waals surface area contributed by atoms with Crippen molar-refractivity contribution in [1.82, 2.24) is 0 Å². The van der Waals surface area contributed by atoms with Crippen LogP contribution in [0.4, 0.5) is 0 Å². The van der Waals surface area contributed by atoms with Crippen molar-refractivity contribution in [2.75, 3.05) is 20.0 Å². The zero-order valence-electron chi connectivity index (χ0n) is 22.9. The summed E-state index contributed by atoms with van der Waals surface area (Å²) in [6.45, 7) is 28.1. The first-order valence-electron chi connectivity index (χ1n) is 12.0. The smallest absolute Gasteiger partial charge is 0.0621 e. The molecule has 1 unspecified atom stereocenters. The lowest BCUT2D eigenvalue weighted by Gasteiger charge is -2.37. The van der Waals surface area contributed by atoms with Crippen LogP contribution in [0.25, 0.3) is 22.3 Å². The second-order valence-electron chi connectivity index (χ2n) is 11.7. The molecular weight excluding hydrogens is 450 g/mol. The lowest BCUT2D eigenvalue weighted by molar-refractivity contribution is 1.32. The molecule has 176 valence electrons. The summed E-state index contributed by atoms with van der Waals surface area (Å²) in [5.74, 6) is 0. The highest BCUT2D eigenvalue weighted by atomic mass is 32.2. The molecule has 0 amide bonds. The topological polar surface area (TPSA) is 0 Å². The molecule has 0 heterocycles. The Kier molecular flexibility index (Phi) is 7.51. The number of hydrogen-bond donors (Lipinski definition) is 0. The summed E-state index contributed by atoms with van der Waals surface area (Å²) in [5.41, 5.74) is 14.2. The molecule has 0 saturated heterocycles. The molecule has 3 heteroatoms. The Labute approximate surface area is 206 Å². The van der Waals surface area contributed by atoms with Crippen molar-refractivity contribution >= 4 is 27.2 Å². The monoisotopic (exact) mass is 493 g/mol. The minimum Gasteiger partial charge on any atom is -0.0621 e. The summed E-state index contributed by atoms with van der Waals surface area (Å²) in [4.78, 5) is 0. The van der Waals surface area contributed by atoms with E-state index in [1.807, 2.05) is 0 Å². The number of benzene rings is 3. The summed E-state index contributed by atoms with van der Waals surface area (Å²) in [6.07, 6.45) is 0. The first kappa shape index (κ1) is 26.3. The van der Waals surface area contributed by atoms with E-state index in [1.165, 1.54) is 55.6 Å². The molecule has 0 fully saturated rings. The predicted octanol–water partition coefficient (Wildman–Crippen LogP) is 9.64. The number of aryl methyl sites for hydroxylation is 6. The van der Waals surface area contributed by atoms with Gasteiger partial charge in [0, 0.05) is 12.3 Å². The van der Waals surface area contributed by atoms with Crippen LogP contribution in [0, 0.1) is 41.5 Å². The van der Waals surface area contributed by atoms with Gasteiger partial charge in [0.1, 0.15) is 7.74 Å². The maximum Gasteiger partial charge on any atom is 0.126 e. The molecule has 0 saturated carbocycles. The fraction of sp³-hybridized carbons (Fsp3) is 0.400. The molecule has 0 N–H and O–H groups in total. The van der Waals surface area contributed by atoms with Crippen LogP contribution < -0.4 is 5.30 Å². The van der Waals surface area contributed by atoms with Crippen molar-refractivity contribution in [2.24, 2.45) is 0 Å². The van der Waals surface area contributed by atoms with Crippen LogP contribution in [0.15, 0.2) is 42.5 Å². The molecule has 0 aliphatic rings. The molecule has 3 aromatic rings. The summed E-state index contributed by atoms with van der Waals surface area (Å²) in [5, 5.41) is 1.68. The van der Waals surface area contributed by atoms with E-state index in [9.17, 15) is 0 Å². The second kappa shape index (κ2) is 9.41. The fourth-order valence-electron chi connectivity index (χ4n) is 5.92. The number of hydrogen-bond acceptors (Lipinski definition) is 0. The third kappa shape index (κ3) is 5.37. The van der Waals surface area contributed by atoms with E-state index in [0.717, 1.165) is 0 Å². The average molecular weight is 494 g/mol. The largest absolute Gasteiger partial charge is 0.126 e. The zero-order valence-corrected chi connectivity index (χ0v) is 25.7. The van der Waals surface area contributed by atoms with E-state index in [1.54, 1.807) is 5.30 Å². The van der Waals surface area contributed by atoms with Gasteiger partial charge in [-0.05, 0) is 86.1 Å². The SMILES string of the molecule is Cc1cc(C)c(-c2cccc(-c3c(C)cc(C)cc3C)c2P([Si](C)(C)C)[P+](C)(C)C)c(C)c1. The standard InChI is InChI=1S/C30H43P2Si/c1-20-16-22(3)28(23(4)17-20)26-14-13-15-27(29-24(5)18-21(2)19-25(29)6)30(26)31(32(7,8)9)33(10,11)12/h13-19H,1-12H3/q+1. The summed E-state index contributed by atoms with van der Waals surface area (Å²) < 4.78 is 0. The number of rotatable bonds is 5. The van der Waals surface area contributed by atoms with Crippen molar-refractivity contribution in [3.8, 4) is 22.3 Å². The molecule has 0 aromatic heterocycles. The Hall–Kier alpha value is -1.26. The van der Waals surface area contributed by atoms with Crippen LogP contribution in [0.2, 0.25) is 19.6 Å². The van der Waals surface area contributed by atoms with E-state index in [4.69, 9.17) is 0 Å². The average Bonchev–Trinajstić information content (AvgIpc) is 2.59. The second-order valence-corrected chi connectivity index (χ2v) is 32.3. The van der Waals surface area contributed by atoms with Crippen molar-refractivity contribution in [3.63, 3.8) is 0 Å². The van der Waals surface area contributed by atoms with Crippen LogP contribution >= 0.6 is 14.1 Å². The highest BCUT2D eigenvalue weighted by Crippen LogP contribution is 2.81. The molecule has 3 rings (SSSR count). The third-order valence-corrected chi connectivity index (χ3v) is 29.2. The Balaban J connectivity index is 2.55. The quantitative estimate of drug-likeness (QED) is 0.245. The zero-order chi connectivity index (χ0) is 24.9. The predicted molar refractivity (Wildman–Crippen MR) is 160 cm³/mol. The van der Waals surface area contributed by atoms with E-state index in [0.29, 0.717) is 0 Å². The van der Waals surface area contributed by atoms with Gasteiger partial charge < -0.3 is 0 Å². The first-order chi connectivity index (χ1) is 15.1. The van der Waals surface area contributed by atoms with Crippen LogP contribution in [-0.4, -0.2) is 27.7 Å². The van der Waals surface area contributed by atoms with Crippen LogP contribution in [0.5, 0.6) is 0 Å². The Morgan fingerprint density at radius 3 is 1.21 bits per heavy atom. The van der Waals surface area contributed by atoms with Crippen molar-refractivity contribution in [3.05, 3.63) is 75.8 Å². The third-order valence-electron chi connectivity index (χ3n) is 6.38. The van der Waals surface area contributed by atoms with Crippen molar-refractivity contribution in [2.45, 2.75) is 61.2 Å². The highest BCUT2D eigenvalue weighted by molar-refractivity contribution is 8.53. The van der Waals surface area contributed by atoms with E-state index in [2.05, 4.69) is 124 Å². The minimum absolute atomic E-state index is 0.242. The van der Waals surface area contributed by atoms with Gasteiger partial charge in [-0.3, -0.25) is 0 Å². The van der Waals surface area contributed by atoms with Gasteiger partial charge >= 0.3 is 0 Å².